The van der Waals surface area contributed by atoms with Crippen LogP contribution < -0.4 is 10.6 Å². The van der Waals surface area contributed by atoms with Gasteiger partial charge in [-0.1, -0.05) is 63.6 Å². The highest BCUT2D eigenvalue weighted by Crippen LogP contribution is 2.67. The number of aliphatic hydroxyl groups is 2. The normalized spacial score (nSPS) is 32.8. The average Bonchev–Trinajstić information content (AvgIpc) is 3.34. The molecule has 0 saturated heterocycles. The molecule has 4 aliphatic rings. The monoisotopic (exact) mass is 694 g/mol. The lowest BCUT2D eigenvalue weighted by molar-refractivity contribution is -0.184. The molecule has 5 N–H and O–H groups in total. The zero-order chi connectivity index (χ0) is 36.6. The average molecular weight is 695 g/mol. The molecule has 12 heteroatoms. The molecule has 0 heterocycles. The number of carbonyl (C=O) groups excluding carboxylic acids is 5. The van der Waals surface area contributed by atoms with E-state index in [0.717, 1.165) is 18.4 Å². The van der Waals surface area contributed by atoms with Gasteiger partial charge in [-0.2, -0.15) is 0 Å². The fourth-order valence-electron chi connectivity index (χ4n) is 9.65. The van der Waals surface area contributed by atoms with Crippen molar-refractivity contribution in [3.8, 4) is 0 Å². The summed E-state index contributed by atoms with van der Waals surface area (Å²) in [6, 6.07) is 5.77. The van der Waals surface area contributed by atoms with E-state index in [4.69, 9.17) is 4.74 Å². The van der Waals surface area contributed by atoms with Crippen LogP contribution in [0.2, 0.25) is 0 Å². The van der Waals surface area contributed by atoms with Gasteiger partial charge in [-0.25, -0.2) is 4.79 Å². The number of rotatable bonds is 12. The van der Waals surface area contributed by atoms with Crippen molar-refractivity contribution in [2.75, 3.05) is 6.61 Å². The molecule has 1 aromatic carbocycles. The fraction of sp³-hybridized carbons (Fsp3) is 0.632. The number of carbonyl (C=O) groups is 6. The summed E-state index contributed by atoms with van der Waals surface area (Å²) in [5.41, 5.74) is -1.56. The molecule has 0 radical (unpaired) electrons. The first-order chi connectivity index (χ1) is 23.5. The number of amides is 2. The Morgan fingerprint density at radius 3 is 2.34 bits per heavy atom. The van der Waals surface area contributed by atoms with Crippen LogP contribution in [-0.4, -0.2) is 75.0 Å². The Morgan fingerprint density at radius 2 is 1.68 bits per heavy atom. The molecule has 0 spiro atoms. The van der Waals surface area contributed by atoms with Gasteiger partial charge in [0.2, 0.25) is 17.6 Å². The van der Waals surface area contributed by atoms with Gasteiger partial charge in [0.1, 0.15) is 11.6 Å². The van der Waals surface area contributed by atoms with E-state index in [1.54, 1.807) is 50.3 Å². The van der Waals surface area contributed by atoms with Crippen LogP contribution in [0.3, 0.4) is 0 Å². The molecule has 1 aromatic rings. The lowest BCUT2D eigenvalue weighted by Gasteiger charge is -2.60. The molecule has 50 heavy (non-hydrogen) atoms. The highest BCUT2D eigenvalue weighted by Gasteiger charge is 2.68. The van der Waals surface area contributed by atoms with Crippen LogP contribution in [0.25, 0.3) is 0 Å². The predicted molar refractivity (Wildman–Crippen MR) is 180 cm³/mol. The summed E-state index contributed by atoms with van der Waals surface area (Å²) in [4.78, 5) is 76.0. The number of esters is 1. The minimum absolute atomic E-state index is 0.0233. The number of nitrogens with one attached hydrogen (secondary N) is 2. The number of hydrogen-bond donors (Lipinski definition) is 5. The lowest BCUT2D eigenvalue weighted by Crippen LogP contribution is -2.62. The van der Waals surface area contributed by atoms with Crippen molar-refractivity contribution >= 4 is 35.3 Å². The van der Waals surface area contributed by atoms with E-state index >= 15 is 0 Å². The van der Waals surface area contributed by atoms with Crippen LogP contribution in [0.1, 0.15) is 97.1 Å². The Balaban J connectivity index is 1.14. The Hall–Kier alpha value is -3.90. The van der Waals surface area contributed by atoms with Gasteiger partial charge in [-0.3, -0.25) is 24.0 Å². The van der Waals surface area contributed by atoms with Gasteiger partial charge < -0.3 is 30.7 Å². The van der Waals surface area contributed by atoms with E-state index in [0.29, 0.717) is 24.8 Å². The first-order valence-corrected chi connectivity index (χ1v) is 17.7. The van der Waals surface area contributed by atoms with Gasteiger partial charge in [-0.05, 0) is 79.3 Å². The molecule has 0 aliphatic heterocycles. The van der Waals surface area contributed by atoms with Crippen LogP contribution in [0.5, 0.6) is 0 Å². The molecule has 0 aromatic heterocycles. The van der Waals surface area contributed by atoms with Gasteiger partial charge in [0.05, 0.1) is 12.5 Å². The Labute approximate surface area is 292 Å². The molecule has 5 rings (SSSR count). The molecular formula is C38H50N2O10. The Kier molecular flexibility index (Phi) is 10.7. The number of Topliss-reactive ketones (excluding diaryl/α,β-unsaturated/α-hetero) is 1. The number of hydrogen-bond acceptors (Lipinski definition) is 9. The lowest BCUT2D eigenvalue weighted by atomic mass is 9.45. The molecular weight excluding hydrogens is 644 g/mol. The van der Waals surface area contributed by atoms with E-state index in [2.05, 4.69) is 17.6 Å². The number of aliphatic carboxylic acids is 1. The molecule has 0 unspecified atom stereocenters. The molecule has 3 saturated carbocycles. The fourth-order valence-corrected chi connectivity index (χ4v) is 9.65. The minimum atomic E-state index is -1.80. The van der Waals surface area contributed by atoms with Gasteiger partial charge >= 0.3 is 11.9 Å². The molecule has 2 amide bonds. The van der Waals surface area contributed by atoms with Gasteiger partial charge in [0, 0.05) is 18.3 Å². The van der Waals surface area contributed by atoms with Crippen molar-refractivity contribution in [1.82, 2.24) is 10.6 Å². The number of ether oxygens (including phenoxy) is 1. The zero-order valence-corrected chi connectivity index (χ0v) is 29.3. The van der Waals surface area contributed by atoms with E-state index in [1.807, 2.05) is 6.92 Å². The third-order valence-corrected chi connectivity index (χ3v) is 12.4. The topological polar surface area (TPSA) is 196 Å². The third-order valence-electron chi connectivity index (χ3n) is 12.4. The molecule has 3 fully saturated rings. The predicted octanol–water partition coefficient (Wildman–Crippen LogP) is 3.20. The number of carboxylic acids is 1. The number of carboxylic acid groups (broad SMARTS) is 1. The molecule has 9 atom stereocenters. The molecule has 12 nitrogen and oxygen atoms in total. The molecule has 272 valence electrons. The quantitative estimate of drug-likeness (QED) is 0.203. The molecule has 0 bridgehead atoms. The second-order valence-electron chi connectivity index (χ2n) is 15.5. The highest BCUT2D eigenvalue weighted by molar-refractivity contribution is 5.93. The van der Waals surface area contributed by atoms with E-state index in [1.165, 1.54) is 0 Å². The van der Waals surface area contributed by atoms with Crippen molar-refractivity contribution in [2.45, 2.75) is 109 Å². The van der Waals surface area contributed by atoms with Crippen LogP contribution in [0, 0.1) is 34.5 Å². The maximum atomic E-state index is 13.6. The van der Waals surface area contributed by atoms with E-state index < -0.39 is 71.3 Å². The number of allylic oxidation sites excluding steroid dienone is 1. The first kappa shape index (κ1) is 37.4. The van der Waals surface area contributed by atoms with E-state index in [9.17, 15) is 44.1 Å². The summed E-state index contributed by atoms with van der Waals surface area (Å²) in [6.45, 7) is 6.69. The number of aliphatic hydroxyl groups excluding tert-OH is 1. The second kappa shape index (κ2) is 14.4. The summed E-state index contributed by atoms with van der Waals surface area (Å²) in [5.74, 6) is -4.35. The SMILES string of the molecule is CC(C)[C@H](NC(=O)CCC(=O)OCC(=O)[C@]1(O)CC[C@@H]2[C@H]3CCC4=CC(=O)CC[C@]4(C)[C@H]3[C@@H](O)C[C@@]21C)C(=O)N[C@H](C(=O)O)c1ccccc1. The Morgan fingerprint density at radius 1 is 0.980 bits per heavy atom. The summed E-state index contributed by atoms with van der Waals surface area (Å²) in [7, 11) is 0. The minimum Gasteiger partial charge on any atom is -0.479 e. The summed E-state index contributed by atoms with van der Waals surface area (Å²) < 4.78 is 5.24. The summed E-state index contributed by atoms with van der Waals surface area (Å²) in [6.07, 6.45) is 3.91. The zero-order valence-electron chi connectivity index (χ0n) is 29.3. The van der Waals surface area contributed by atoms with Crippen molar-refractivity contribution in [1.29, 1.82) is 0 Å². The van der Waals surface area contributed by atoms with Gasteiger partial charge in [-0.15, -0.1) is 0 Å². The van der Waals surface area contributed by atoms with Crippen LogP contribution in [0.15, 0.2) is 42.0 Å². The Bertz CT molecular complexity index is 1560. The van der Waals surface area contributed by atoms with Crippen molar-refractivity contribution < 1.29 is 48.8 Å². The maximum Gasteiger partial charge on any atom is 0.330 e. The number of fused-ring (bicyclic) bond motifs is 5. The maximum absolute atomic E-state index is 13.6. The van der Waals surface area contributed by atoms with E-state index in [-0.39, 0.29) is 54.6 Å². The highest BCUT2D eigenvalue weighted by atomic mass is 16.5. The van der Waals surface area contributed by atoms with Crippen molar-refractivity contribution in [2.24, 2.45) is 34.5 Å². The number of benzene rings is 1. The number of ketones is 2. The molecule has 4 aliphatic carbocycles. The van der Waals surface area contributed by atoms with Crippen molar-refractivity contribution in [3.63, 3.8) is 0 Å². The summed E-state index contributed by atoms with van der Waals surface area (Å²) in [5, 5.41) is 38.2. The van der Waals surface area contributed by atoms with Gasteiger partial charge in [0.15, 0.2) is 18.4 Å². The van der Waals surface area contributed by atoms with Crippen LogP contribution in [0.4, 0.5) is 0 Å². The second-order valence-corrected chi connectivity index (χ2v) is 15.5. The van der Waals surface area contributed by atoms with Crippen molar-refractivity contribution in [3.05, 3.63) is 47.5 Å². The van der Waals surface area contributed by atoms with Gasteiger partial charge in [0.25, 0.3) is 0 Å². The first-order valence-electron chi connectivity index (χ1n) is 17.7. The van der Waals surface area contributed by atoms with Crippen LogP contribution in [-0.2, 0) is 33.5 Å². The summed E-state index contributed by atoms with van der Waals surface area (Å²) >= 11 is 0. The largest absolute Gasteiger partial charge is 0.479 e. The van der Waals surface area contributed by atoms with Crippen LogP contribution >= 0.6 is 0 Å². The standard InChI is InChI=1S/C38H50N2O10/c1-21(2)32(34(46)40-33(35(47)48)22-8-6-5-7-9-22)39-29(44)12-13-30(45)50-20-28(43)38(49)17-15-26-25-11-10-23-18-24(41)14-16-36(23,3)31(25)27(42)19-37(26,38)4/h5-9,18,21,25-27,31-33,42,49H,10-17,19-20H2,1-4H3,(H,39,44)(H,40,46)(H,47,48)/t25-,26-,27+,31-,32+,33+,36+,37+,38-/m1/s1. The third kappa shape index (κ3) is 6.88. The smallest absolute Gasteiger partial charge is 0.330 e.